The van der Waals surface area contributed by atoms with Gasteiger partial charge in [0.15, 0.2) is 0 Å². The van der Waals surface area contributed by atoms with Crippen molar-refractivity contribution in [3.05, 3.63) is 47.8 Å². The molecule has 0 unspecified atom stereocenters. The molecule has 4 rings (SSSR count). The number of anilines is 1. The maximum atomic E-state index is 13.4. The minimum absolute atomic E-state index is 0.237. The molecule has 0 radical (unpaired) electrons. The Morgan fingerprint density at radius 3 is 3.00 bits per heavy atom. The van der Waals surface area contributed by atoms with E-state index in [-0.39, 0.29) is 5.82 Å². The lowest BCUT2D eigenvalue weighted by molar-refractivity contribution is 0.628. The zero-order valence-corrected chi connectivity index (χ0v) is 11.2. The van der Waals surface area contributed by atoms with Gasteiger partial charge in [0.05, 0.1) is 11.0 Å². The van der Waals surface area contributed by atoms with Crippen molar-refractivity contribution in [2.24, 2.45) is 7.05 Å². The third kappa shape index (κ3) is 1.61. The summed E-state index contributed by atoms with van der Waals surface area (Å²) < 4.78 is 15.4. The molecule has 3 aromatic rings. The Hall–Kier alpha value is -2.36. The van der Waals surface area contributed by atoms with Crippen LogP contribution >= 0.6 is 0 Å². The maximum Gasteiger partial charge on any atom is 0.140 e. The summed E-state index contributed by atoms with van der Waals surface area (Å²) in [7, 11) is 1.97. The lowest BCUT2D eigenvalue weighted by Crippen LogP contribution is -1.94. The van der Waals surface area contributed by atoms with Crippen LogP contribution in [0.1, 0.15) is 5.56 Å². The van der Waals surface area contributed by atoms with Gasteiger partial charge in [-0.3, -0.25) is 0 Å². The SMILES string of the molecule is Cn1c(-c2cccc(F)c2)nc2cc3c(cc21)NCC3. The fourth-order valence-corrected chi connectivity index (χ4v) is 2.87. The molecule has 0 aliphatic carbocycles. The maximum absolute atomic E-state index is 13.4. The van der Waals surface area contributed by atoms with Gasteiger partial charge < -0.3 is 9.88 Å². The van der Waals surface area contributed by atoms with Crippen LogP contribution in [0.5, 0.6) is 0 Å². The third-order valence-electron chi connectivity index (χ3n) is 3.90. The topological polar surface area (TPSA) is 29.9 Å². The van der Waals surface area contributed by atoms with E-state index in [1.165, 1.54) is 23.4 Å². The zero-order chi connectivity index (χ0) is 13.7. The van der Waals surface area contributed by atoms with Crippen molar-refractivity contribution < 1.29 is 4.39 Å². The number of aromatic nitrogens is 2. The summed E-state index contributed by atoms with van der Waals surface area (Å²) in [5.74, 6) is 0.557. The van der Waals surface area contributed by atoms with Crippen LogP contribution in [-0.2, 0) is 13.5 Å². The smallest absolute Gasteiger partial charge is 0.140 e. The van der Waals surface area contributed by atoms with Gasteiger partial charge in [-0.1, -0.05) is 12.1 Å². The molecule has 4 heteroatoms. The largest absolute Gasteiger partial charge is 0.384 e. The van der Waals surface area contributed by atoms with Crippen molar-refractivity contribution in [1.82, 2.24) is 9.55 Å². The highest BCUT2D eigenvalue weighted by Gasteiger charge is 2.16. The first-order chi connectivity index (χ1) is 9.72. The molecule has 2 heterocycles. The molecule has 100 valence electrons. The predicted molar refractivity (Wildman–Crippen MR) is 78.3 cm³/mol. The van der Waals surface area contributed by atoms with Gasteiger partial charge in [0, 0.05) is 24.8 Å². The minimum atomic E-state index is -0.237. The highest BCUT2D eigenvalue weighted by molar-refractivity contribution is 5.86. The molecule has 1 aliphatic rings. The molecule has 0 amide bonds. The first-order valence-corrected chi connectivity index (χ1v) is 6.71. The Kier molecular flexibility index (Phi) is 2.33. The molecule has 2 aromatic carbocycles. The van der Waals surface area contributed by atoms with E-state index in [4.69, 9.17) is 0 Å². The third-order valence-corrected chi connectivity index (χ3v) is 3.90. The fourth-order valence-electron chi connectivity index (χ4n) is 2.87. The van der Waals surface area contributed by atoms with Crippen LogP contribution in [-0.4, -0.2) is 16.1 Å². The van der Waals surface area contributed by atoms with Crippen LogP contribution in [0.3, 0.4) is 0 Å². The Morgan fingerprint density at radius 2 is 2.15 bits per heavy atom. The first kappa shape index (κ1) is 11.5. The molecule has 0 atom stereocenters. The molecular formula is C16H14FN3. The normalized spacial score (nSPS) is 13.5. The van der Waals surface area contributed by atoms with Crippen molar-refractivity contribution in [1.29, 1.82) is 0 Å². The molecular weight excluding hydrogens is 253 g/mol. The molecule has 1 N–H and O–H groups in total. The average Bonchev–Trinajstić information content (AvgIpc) is 3.01. The number of aryl methyl sites for hydroxylation is 1. The number of nitrogens with zero attached hydrogens (tertiary/aromatic N) is 2. The summed E-state index contributed by atoms with van der Waals surface area (Å²) in [5.41, 5.74) is 5.33. The Morgan fingerprint density at radius 1 is 1.25 bits per heavy atom. The lowest BCUT2D eigenvalue weighted by Gasteiger charge is -2.03. The molecule has 20 heavy (non-hydrogen) atoms. The standard InChI is InChI=1S/C16H14FN3/c1-20-15-9-13-10(5-6-18-13)8-14(15)19-16(20)11-3-2-4-12(17)7-11/h2-4,7-9,18H,5-6H2,1H3. The van der Waals surface area contributed by atoms with Crippen LogP contribution < -0.4 is 5.32 Å². The van der Waals surface area contributed by atoms with Gasteiger partial charge in [0.2, 0.25) is 0 Å². The van der Waals surface area contributed by atoms with E-state index in [0.29, 0.717) is 0 Å². The lowest BCUT2D eigenvalue weighted by atomic mass is 10.1. The number of imidazole rings is 1. The molecule has 1 aliphatic heterocycles. The molecule has 1 aromatic heterocycles. The van der Waals surface area contributed by atoms with Gasteiger partial charge in [-0.05, 0) is 36.2 Å². The quantitative estimate of drug-likeness (QED) is 0.732. The second kappa shape index (κ2) is 4.07. The molecule has 0 saturated heterocycles. The molecule has 0 saturated carbocycles. The number of benzene rings is 2. The van der Waals surface area contributed by atoms with E-state index in [2.05, 4.69) is 22.4 Å². The average molecular weight is 267 g/mol. The highest BCUT2D eigenvalue weighted by atomic mass is 19.1. The Balaban J connectivity index is 1.95. The van der Waals surface area contributed by atoms with Crippen molar-refractivity contribution in [2.45, 2.75) is 6.42 Å². The second-order valence-corrected chi connectivity index (χ2v) is 5.18. The van der Waals surface area contributed by atoms with Gasteiger partial charge in [-0.25, -0.2) is 9.37 Å². The van der Waals surface area contributed by atoms with E-state index in [0.717, 1.165) is 35.4 Å². The number of halogens is 1. The predicted octanol–water partition coefficient (Wildman–Crippen LogP) is 3.35. The summed E-state index contributed by atoms with van der Waals surface area (Å²) in [6, 6.07) is 10.8. The van der Waals surface area contributed by atoms with Crippen molar-refractivity contribution in [2.75, 3.05) is 11.9 Å². The number of hydrogen-bond donors (Lipinski definition) is 1. The highest BCUT2D eigenvalue weighted by Crippen LogP contribution is 2.30. The van der Waals surface area contributed by atoms with Crippen molar-refractivity contribution in [3.8, 4) is 11.4 Å². The van der Waals surface area contributed by atoms with Crippen LogP contribution in [0.2, 0.25) is 0 Å². The molecule has 0 fully saturated rings. The molecule has 3 nitrogen and oxygen atoms in total. The summed E-state index contributed by atoms with van der Waals surface area (Å²) in [5, 5.41) is 3.38. The van der Waals surface area contributed by atoms with Crippen molar-refractivity contribution in [3.63, 3.8) is 0 Å². The monoisotopic (exact) mass is 267 g/mol. The minimum Gasteiger partial charge on any atom is -0.384 e. The van der Waals surface area contributed by atoms with Gasteiger partial charge >= 0.3 is 0 Å². The summed E-state index contributed by atoms with van der Waals surface area (Å²) in [6.45, 7) is 0.989. The van der Waals surface area contributed by atoms with Crippen LogP contribution in [0.4, 0.5) is 10.1 Å². The van der Waals surface area contributed by atoms with Crippen molar-refractivity contribution >= 4 is 16.7 Å². The van der Waals surface area contributed by atoms with E-state index >= 15 is 0 Å². The molecule has 0 spiro atoms. The van der Waals surface area contributed by atoms with E-state index in [9.17, 15) is 4.39 Å². The summed E-state index contributed by atoms with van der Waals surface area (Å²) in [6.07, 6.45) is 1.04. The van der Waals surface area contributed by atoms with Crippen LogP contribution in [0, 0.1) is 5.82 Å². The van der Waals surface area contributed by atoms with Gasteiger partial charge in [0.1, 0.15) is 11.6 Å². The van der Waals surface area contributed by atoms with Gasteiger partial charge in [0.25, 0.3) is 0 Å². The van der Waals surface area contributed by atoms with Crippen LogP contribution in [0.15, 0.2) is 36.4 Å². The number of fused-ring (bicyclic) bond motifs is 2. The zero-order valence-electron chi connectivity index (χ0n) is 11.2. The number of rotatable bonds is 1. The van der Waals surface area contributed by atoms with E-state index in [1.54, 1.807) is 6.07 Å². The summed E-state index contributed by atoms with van der Waals surface area (Å²) in [4.78, 5) is 4.67. The number of nitrogens with one attached hydrogen (secondary N) is 1. The van der Waals surface area contributed by atoms with Gasteiger partial charge in [-0.15, -0.1) is 0 Å². The first-order valence-electron chi connectivity index (χ1n) is 6.71. The summed E-state index contributed by atoms with van der Waals surface area (Å²) >= 11 is 0. The van der Waals surface area contributed by atoms with Crippen LogP contribution in [0.25, 0.3) is 22.4 Å². The molecule has 0 bridgehead atoms. The number of hydrogen-bond acceptors (Lipinski definition) is 2. The Labute approximate surface area is 116 Å². The Bertz CT molecular complexity index is 820. The second-order valence-electron chi connectivity index (χ2n) is 5.18. The van der Waals surface area contributed by atoms with E-state index < -0.39 is 0 Å². The van der Waals surface area contributed by atoms with E-state index in [1.807, 2.05) is 17.7 Å². The fraction of sp³-hybridized carbons (Fsp3) is 0.188. The van der Waals surface area contributed by atoms with Gasteiger partial charge in [-0.2, -0.15) is 0 Å².